The van der Waals surface area contributed by atoms with Gasteiger partial charge in [-0.2, -0.15) is 0 Å². The highest BCUT2D eigenvalue weighted by Gasteiger charge is 2.30. The highest BCUT2D eigenvalue weighted by atomic mass is 31.2. The van der Waals surface area contributed by atoms with Gasteiger partial charge in [0.05, 0.1) is 26.4 Å². The molecule has 0 bridgehead atoms. The van der Waals surface area contributed by atoms with Gasteiger partial charge in [0, 0.05) is 25.7 Å². The summed E-state index contributed by atoms with van der Waals surface area (Å²) in [6.45, 7) is 9.52. The van der Waals surface area contributed by atoms with Gasteiger partial charge in [0.2, 0.25) is 0 Å². The van der Waals surface area contributed by atoms with Crippen molar-refractivity contribution in [3.05, 3.63) is 0 Å². The lowest BCUT2D eigenvalue weighted by molar-refractivity contribution is -0.161. The van der Waals surface area contributed by atoms with Gasteiger partial charge in [0.1, 0.15) is 19.3 Å². The Kier molecular flexibility index (Phi) is 65.5. The average molecular weight is 1380 g/mol. The van der Waals surface area contributed by atoms with Crippen LogP contribution in [0.4, 0.5) is 0 Å². The zero-order valence-electron chi connectivity index (χ0n) is 61.3. The van der Waals surface area contributed by atoms with Crippen LogP contribution in [0.5, 0.6) is 0 Å². The normalized spacial score (nSPS) is 14.0. The molecule has 0 saturated carbocycles. The van der Waals surface area contributed by atoms with Crippen molar-refractivity contribution >= 4 is 39.5 Å². The third-order valence-corrected chi connectivity index (χ3v) is 19.4. The molecule has 0 aliphatic carbocycles. The Bertz CT molecular complexity index is 1820. The summed E-state index contributed by atoms with van der Waals surface area (Å²) in [5.41, 5.74) is 0. The molecule has 0 aromatic rings. The number of rotatable bonds is 74. The van der Waals surface area contributed by atoms with Crippen molar-refractivity contribution in [2.24, 2.45) is 11.8 Å². The fourth-order valence-corrected chi connectivity index (χ4v) is 13.1. The van der Waals surface area contributed by atoms with Gasteiger partial charge < -0.3 is 33.8 Å². The maximum Gasteiger partial charge on any atom is 0.472 e. The molecular weight excluding hydrogens is 1230 g/mol. The molecule has 5 atom stereocenters. The Morgan fingerprint density at radius 2 is 0.489 bits per heavy atom. The lowest BCUT2D eigenvalue weighted by Crippen LogP contribution is -2.30. The first-order valence-corrected chi connectivity index (χ1v) is 42.0. The van der Waals surface area contributed by atoms with Crippen molar-refractivity contribution in [2.75, 3.05) is 39.6 Å². The fourth-order valence-electron chi connectivity index (χ4n) is 11.5. The van der Waals surface area contributed by atoms with Gasteiger partial charge in [-0.3, -0.25) is 37.3 Å². The van der Waals surface area contributed by atoms with Gasteiger partial charge in [0.25, 0.3) is 0 Å². The van der Waals surface area contributed by atoms with E-state index in [0.717, 1.165) is 102 Å². The number of hydrogen-bond acceptors (Lipinski definition) is 15. The number of carbonyl (C=O) groups is 4. The number of ether oxygens (including phenoxy) is 4. The van der Waals surface area contributed by atoms with Crippen LogP contribution in [0.1, 0.15) is 388 Å². The quantitative estimate of drug-likeness (QED) is 0.0222. The average Bonchev–Trinajstić information content (AvgIpc) is 2.20. The summed E-state index contributed by atoms with van der Waals surface area (Å²) in [5, 5.41) is 10.6. The molecule has 0 aliphatic rings. The summed E-state index contributed by atoms with van der Waals surface area (Å²) in [6, 6.07) is 0. The number of carbonyl (C=O) groups excluding carboxylic acids is 4. The maximum absolute atomic E-state index is 13.1. The minimum atomic E-state index is -4.96. The zero-order valence-corrected chi connectivity index (χ0v) is 63.1. The van der Waals surface area contributed by atoms with Crippen LogP contribution in [-0.2, 0) is 65.4 Å². The molecule has 0 spiro atoms. The van der Waals surface area contributed by atoms with Gasteiger partial charge in [-0.15, -0.1) is 0 Å². The van der Waals surface area contributed by atoms with Crippen molar-refractivity contribution in [1.29, 1.82) is 0 Å². The van der Waals surface area contributed by atoms with Crippen LogP contribution in [0.3, 0.4) is 0 Å². The molecule has 0 saturated heterocycles. The van der Waals surface area contributed by atoms with E-state index in [4.69, 9.17) is 37.0 Å². The second kappa shape index (κ2) is 66.9. The maximum atomic E-state index is 13.1. The van der Waals surface area contributed by atoms with E-state index in [2.05, 4.69) is 41.5 Å². The van der Waals surface area contributed by atoms with Crippen molar-refractivity contribution in [1.82, 2.24) is 0 Å². The molecule has 0 heterocycles. The van der Waals surface area contributed by atoms with E-state index in [1.54, 1.807) is 0 Å². The van der Waals surface area contributed by atoms with Gasteiger partial charge in [0.15, 0.2) is 12.2 Å². The molecule has 17 nitrogen and oxygen atoms in total. The smallest absolute Gasteiger partial charge is 0.462 e. The van der Waals surface area contributed by atoms with Crippen LogP contribution in [-0.4, -0.2) is 96.7 Å². The van der Waals surface area contributed by atoms with E-state index in [1.807, 2.05) is 0 Å². The lowest BCUT2D eigenvalue weighted by atomic mass is 10.0. The Morgan fingerprint density at radius 3 is 0.723 bits per heavy atom. The number of hydrogen-bond donors (Lipinski definition) is 3. The Labute approximate surface area is 575 Å². The van der Waals surface area contributed by atoms with Gasteiger partial charge in [-0.1, -0.05) is 337 Å². The van der Waals surface area contributed by atoms with Crippen LogP contribution in [0.25, 0.3) is 0 Å². The summed E-state index contributed by atoms with van der Waals surface area (Å²) in [6.07, 6.45) is 54.2. The molecule has 94 heavy (non-hydrogen) atoms. The monoisotopic (exact) mass is 1380 g/mol. The van der Waals surface area contributed by atoms with Crippen molar-refractivity contribution in [3.63, 3.8) is 0 Å². The summed E-state index contributed by atoms with van der Waals surface area (Å²) < 4.78 is 68.5. The topological polar surface area (TPSA) is 237 Å². The summed E-state index contributed by atoms with van der Waals surface area (Å²) in [5.74, 6) is -0.666. The molecule has 0 rings (SSSR count). The first-order valence-electron chi connectivity index (χ1n) is 39.0. The highest BCUT2D eigenvalue weighted by molar-refractivity contribution is 7.47. The molecule has 0 aromatic carbocycles. The van der Waals surface area contributed by atoms with Gasteiger partial charge in [-0.25, -0.2) is 9.13 Å². The molecule has 2 unspecified atom stereocenters. The molecule has 0 aromatic heterocycles. The highest BCUT2D eigenvalue weighted by Crippen LogP contribution is 2.45. The van der Waals surface area contributed by atoms with E-state index in [1.165, 1.54) is 199 Å². The number of phosphoric ester groups is 2. The number of esters is 4. The second-order valence-corrected chi connectivity index (χ2v) is 30.9. The fraction of sp³-hybridized carbons (Fsp3) is 0.947. The molecule has 0 radical (unpaired) electrons. The molecule has 0 fully saturated rings. The SMILES string of the molecule is CCCCCCCCCCCCCCCCCCCC(=O)O[C@H](COC(=O)CCCCCCCCCCCCCC(C)C)COP(=O)(O)OC[C@@H](O)COP(=O)(O)OC[C@@H](COC(=O)CCCCCCCCC(C)C)OC(=O)CCCCCCCCCCCCCCCC. The minimum absolute atomic E-state index is 0.107. The van der Waals surface area contributed by atoms with Crippen molar-refractivity contribution < 1.29 is 80.2 Å². The van der Waals surface area contributed by atoms with E-state index in [9.17, 15) is 43.2 Å². The molecule has 0 aliphatic heterocycles. The summed E-state index contributed by atoms with van der Waals surface area (Å²) >= 11 is 0. The Morgan fingerprint density at radius 1 is 0.287 bits per heavy atom. The largest absolute Gasteiger partial charge is 0.472 e. The summed E-state index contributed by atoms with van der Waals surface area (Å²) in [4.78, 5) is 72.7. The van der Waals surface area contributed by atoms with Crippen LogP contribution < -0.4 is 0 Å². The summed E-state index contributed by atoms with van der Waals surface area (Å²) in [7, 11) is -9.91. The van der Waals surface area contributed by atoms with Crippen molar-refractivity contribution in [2.45, 2.75) is 407 Å². The number of phosphoric acid groups is 2. The lowest BCUT2D eigenvalue weighted by Gasteiger charge is -2.21. The zero-order chi connectivity index (χ0) is 69.3. The van der Waals surface area contributed by atoms with E-state index in [-0.39, 0.29) is 25.7 Å². The molecule has 3 N–H and O–H groups in total. The van der Waals surface area contributed by atoms with Gasteiger partial charge >= 0.3 is 39.5 Å². The van der Waals surface area contributed by atoms with E-state index >= 15 is 0 Å². The Hall–Kier alpha value is -1.94. The number of unbranched alkanes of at least 4 members (excludes halogenated alkanes) is 44. The molecule has 19 heteroatoms. The van der Waals surface area contributed by atoms with Gasteiger partial charge in [-0.05, 0) is 37.5 Å². The van der Waals surface area contributed by atoms with E-state index in [0.29, 0.717) is 31.6 Å². The van der Waals surface area contributed by atoms with E-state index < -0.39 is 97.5 Å². The third-order valence-electron chi connectivity index (χ3n) is 17.5. The van der Waals surface area contributed by atoms with Crippen molar-refractivity contribution in [3.8, 4) is 0 Å². The second-order valence-electron chi connectivity index (χ2n) is 28.0. The standard InChI is InChI=1S/C75H146O17P2/c1-7-9-11-13-15-17-19-21-23-24-25-27-31-36-40-48-54-60-74(79)91-70(63-85-72(77)57-51-45-38-34-32-28-29-33-37-43-49-55-67(3)4)65-89-93(81,82)87-61-69(76)62-88-94(83,84)90-66-71(64-86-73(78)58-52-46-42-41-44-50-56-68(5)6)92-75(80)59-53-47-39-35-30-26-22-20-18-16-14-12-10-8-2/h67-71,76H,7-66H2,1-6H3,(H,81,82)(H,83,84)/t69-,70-,71-/m1/s1. The number of aliphatic hydroxyl groups is 1. The first-order chi connectivity index (χ1) is 45.4. The molecule has 0 amide bonds. The van der Waals surface area contributed by atoms with Crippen LogP contribution in [0.2, 0.25) is 0 Å². The predicted octanol–water partition coefficient (Wildman–Crippen LogP) is 21.9. The predicted molar refractivity (Wildman–Crippen MR) is 381 cm³/mol. The first kappa shape index (κ1) is 92.1. The molecular formula is C75H146O17P2. The Balaban J connectivity index is 5.24. The van der Waals surface area contributed by atoms with Crippen LogP contribution >= 0.6 is 15.6 Å². The van der Waals surface area contributed by atoms with Crippen LogP contribution in [0.15, 0.2) is 0 Å². The number of aliphatic hydroxyl groups excluding tert-OH is 1. The van der Waals surface area contributed by atoms with Crippen LogP contribution in [0, 0.1) is 11.8 Å². The minimum Gasteiger partial charge on any atom is -0.462 e. The third kappa shape index (κ3) is 68.6. The molecule has 558 valence electrons.